The number of benzene rings is 1. The predicted octanol–water partition coefficient (Wildman–Crippen LogP) is 3.70. The van der Waals surface area contributed by atoms with Gasteiger partial charge < -0.3 is 14.8 Å². The summed E-state index contributed by atoms with van der Waals surface area (Å²) in [6.07, 6.45) is 5.73. The molecule has 0 amide bonds. The van der Waals surface area contributed by atoms with Crippen LogP contribution in [0.2, 0.25) is 5.02 Å². The Balaban J connectivity index is 0.00000225. The fraction of sp³-hybridized carbons (Fsp3) is 0.444. The lowest BCUT2D eigenvalue weighted by atomic mass is 10.2. The highest BCUT2D eigenvalue weighted by Crippen LogP contribution is 2.17. The standard InChI is InChI=1S/C18H24ClN5.HI/c1-20-18(23(2)12-14-7-3-4-8-16(14)19)21-11-15-13-24-10-6-5-9-17(24)22-15;/h3-4,7-8,13H,5-6,9-12H2,1-2H3,(H,20,21);1H. The highest BCUT2D eigenvalue weighted by Gasteiger charge is 2.13. The van der Waals surface area contributed by atoms with E-state index >= 15 is 0 Å². The molecule has 0 atom stereocenters. The van der Waals surface area contributed by atoms with Crippen LogP contribution in [0.4, 0.5) is 0 Å². The molecule has 0 saturated carbocycles. The average molecular weight is 474 g/mol. The molecule has 136 valence electrons. The molecule has 0 radical (unpaired) electrons. The Morgan fingerprint density at radius 3 is 2.88 bits per heavy atom. The number of imidazole rings is 1. The summed E-state index contributed by atoms with van der Waals surface area (Å²) in [6, 6.07) is 7.90. The van der Waals surface area contributed by atoms with Gasteiger partial charge in [-0.15, -0.1) is 24.0 Å². The maximum absolute atomic E-state index is 6.25. The Kier molecular flexibility index (Phi) is 7.56. The molecule has 0 saturated heterocycles. The van der Waals surface area contributed by atoms with E-state index < -0.39 is 0 Å². The van der Waals surface area contributed by atoms with Gasteiger partial charge in [-0.1, -0.05) is 29.8 Å². The van der Waals surface area contributed by atoms with Crippen molar-refractivity contribution < 1.29 is 0 Å². The van der Waals surface area contributed by atoms with E-state index in [0.717, 1.165) is 35.2 Å². The summed E-state index contributed by atoms with van der Waals surface area (Å²) in [7, 11) is 3.81. The van der Waals surface area contributed by atoms with Gasteiger partial charge in [-0.25, -0.2) is 4.98 Å². The number of fused-ring (bicyclic) bond motifs is 1. The molecule has 0 spiro atoms. The topological polar surface area (TPSA) is 45.5 Å². The molecule has 0 fully saturated rings. The van der Waals surface area contributed by atoms with Gasteiger partial charge in [-0.2, -0.15) is 0 Å². The zero-order valence-corrected chi connectivity index (χ0v) is 17.8. The molecule has 3 rings (SSSR count). The normalized spacial score (nSPS) is 13.8. The largest absolute Gasteiger partial charge is 0.351 e. The van der Waals surface area contributed by atoms with E-state index in [1.165, 1.54) is 18.7 Å². The zero-order chi connectivity index (χ0) is 16.9. The molecule has 2 aromatic rings. The van der Waals surface area contributed by atoms with Gasteiger partial charge in [-0.05, 0) is 24.5 Å². The maximum atomic E-state index is 6.25. The molecule has 1 aromatic carbocycles. The molecule has 7 heteroatoms. The number of hydrogen-bond donors (Lipinski definition) is 1. The SMILES string of the molecule is CN=C(NCc1cn2c(n1)CCCC2)N(C)Cc1ccccc1Cl.I. The van der Waals surface area contributed by atoms with Crippen molar-refractivity contribution in [3.8, 4) is 0 Å². The molecule has 0 bridgehead atoms. The predicted molar refractivity (Wildman–Crippen MR) is 114 cm³/mol. The van der Waals surface area contributed by atoms with E-state index in [0.29, 0.717) is 13.1 Å². The van der Waals surface area contributed by atoms with E-state index in [1.54, 1.807) is 7.05 Å². The van der Waals surface area contributed by atoms with Crippen LogP contribution in [-0.2, 0) is 26.1 Å². The van der Waals surface area contributed by atoms with E-state index in [-0.39, 0.29) is 24.0 Å². The fourth-order valence-corrected chi connectivity index (χ4v) is 3.26. The zero-order valence-electron chi connectivity index (χ0n) is 14.7. The monoisotopic (exact) mass is 473 g/mol. The second-order valence-electron chi connectivity index (χ2n) is 6.15. The molecule has 1 N–H and O–H groups in total. The first-order chi connectivity index (χ1) is 11.7. The van der Waals surface area contributed by atoms with Gasteiger partial charge in [0.05, 0.1) is 12.2 Å². The van der Waals surface area contributed by atoms with Gasteiger partial charge in [0, 0.05) is 44.8 Å². The summed E-state index contributed by atoms with van der Waals surface area (Å²) in [4.78, 5) is 11.2. The summed E-state index contributed by atoms with van der Waals surface area (Å²) in [5.74, 6) is 2.04. The van der Waals surface area contributed by atoms with Crippen molar-refractivity contribution in [2.24, 2.45) is 4.99 Å². The number of aliphatic imine (C=N–C) groups is 1. The van der Waals surface area contributed by atoms with Gasteiger partial charge >= 0.3 is 0 Å². The van der Waals surface area contributed by atoms with E-state index in [2.05, 4.69) is 26.0 Å². The number of guanidine groups is 1. The summed E-state index contributed by atoms with van der Waals surface area (Å²) in [6.45, 7) is 2.47. The molecule has 1 aromatic heterocycles. The quantitative estimate of drug-likeness (QED) is 0.418. The Labute approximate surface area is 171 Å². The van der Waals surface area contributed by atoms with E-state index in [4.69, 9.17) is 16.6 Å². The third-order valence-electron chi connectivity index (χ3n) is 4.32. The minimum Gasteiger partial charge on any atom is -0.351 e. The van der Waals surface area contributed by atoms with Crippen molar-refractivity contribution >= 4 is 41.5 Å². The summed E-state index contributed by atoms with van der Waals surface area (Å²) < 4.78 is 2.27. The van der Waals surface area contributed by atoms with Crippen LogP contribution in [-0.4, -0.2) is 34.5 Å². The third-order valence-corrected chi connectivity index (χ3v) is 4.69. The van der Waals surface area contributed by atoms with Crippen molar-refractivity contribution in [2.45, 2.75) is 38.9 Å². The fourth-order valence-electron chi connectivity index (χ4n) is 3.07. The average Bonchev–Trinajstić information content (AvgIpc) is 3.00. The Hall–Kier alpha value is -1.28. The van der Waals surface area contributed by atoms with Crippen LogP contribution in [0.3, 0.4) is 0 Å². The van der Waals surface area contributed by atoms with Gasteiger partial charge in [0.2, 0.25) is 0 Å². The molecule has 1 aliphatic heterocycles. The minimum atomic E-state index is 0. The number of rotatable bonds is 4. The summed E-state index contributed by atoms with van der Waals surface area (Å²) in [5.41, 5.74) is 2.15. The van der Waals surface area contributed by atoms with Gasteiger partial charge in [0.1, 0.15) is 5.82 Å². The molecule has 1 aliphatic rings. The first-order valence-electron chi connectivity index (χ1n) is 8.37. The Bertz CT molecular complexity index is 705. The van der Waals surface area contributed by atoms with Crippen LogP contribution >= 0.6 is 35.6 Å². The highest BCUT2D eigenvalue weighted by molar-refractivity contribution is 14.0. The first kappa shape index (κ1) is 20.0. The number of aryl methyl sites for hydroxylation is 2. The molecule has 2 heterocycles. The third kappa shape index (κ3) is 5.10. The molecule has 0 aliphatic carbocycles. The van der Waals surface area contributed by atoms with Crippen LogP contribution in [0.15, 0.2) is 35.5 Å². The van der Waals surface area contributed by atoms with Crippen LogP contribution in [0.25, 0.3) is 0 Å². The van der Waals surface area contributed by atoms with Crippen LogP contribution in [0.5, 0.6) is 0 Å². The second kappa shape index (κ2) is 9.43. The van der Waals surface area contributed by atoms with Crippen molar-refractivity contribution in [1.29, 1.82) is 0 Å². The van der Waals surface area contributed by atoms with Crippen molar-refractivity contribution in [2.75, 3.05) is 14.1 Å². The smallest absolute Gasteiger partial charge is 0.194 e. The van der Waals surface area contributed by atoms with Gasteiger partial charge in [0.25, 0.3) is 0 Å². The van der Waals surface area contributed by atoms with Crippen LogP contribution in [0.1, 0.15) is 29.9 Å². The number of halogens is 2. The first-order valence-corrected chi connectivity index (χ1v) is 8.75. The number of nitrogens with zero attached hydrogens (tertiary/aromatic N) is 4. The minimum absolute atomic E-state index is 0. The van der Waals surface area contributed by atoms with Gasteiger partial charge in [0.15, 0.2) is 5.96 Å². The summed E-state index contributed by atoms with van der Waals surface area (Å²) >= 11 is 6.25. The van der Waals surface area contributed by atoms with Crippen LogP contribution < -0.4 is 5.32 Å². The molecule has 0 unspecified atom stereocenters. The highest BCUT2D eigenvalue weighted by atomic mass is 127. The van der Waals surface area contributed by atoms with Crippen molar-refractivity contribution in [3.05, 3.63) is 52.6 Å². The number of hydrogen-bond acceptors (Lipinski definition) is 2. The lowest BCUT2D eigenvalue weighted by molar-refractivity contribution is 0.476. The Morgan fingerprint density at radius 1 is 1.36 bits per heavy atom. The van der Waals surface area contributed by atoms with Crippen molar-refractivity contribution in [1.82, 2.24) is 19.8 Å². The number of aromatic nitrogens is 2. The molecular weight excluding hydrogens is 449 g/mol. The van der Waals surface area contributed by atoms with Crippen LogP contribution in [0, 0.1) is 0 Å². The maximum Gasteiger partial charge on any atom is 0.194 e. The molecular formula is C18H25ClIN5. The lowest BCUT2D eigenvalue weighted by Crippen LogP contribution is -2.38. The van der Waals surface area contributed by atoms with Gasteiger partial charge in [-0.3, -0.25) is 4.99 Å². The Morgan fingerprint density at radius 2 is 2.16 bits per heavy atom. The van der Waals surface area contributed by atoms with E-state index in [9.17, 15) is 0 Å². The molecule has 5 nitrogen and oxygen atoms in total. The van der Waals surface area contributed by atoms with Crippen molar-refractivity contribution in [3.63, 3.8) is 0 Å². The molecule has 25 heavy (non-hydrogen) atoms. The summed E-state index contributed by atoms with van der Waals surface area (Å²) in [5, 5.41) is 4.17. The van der Waals surface area contributed by atoms with E-state index in [1.807, 2.05) is 31.3 Å². The number of nitrogens with one attached hydrogen (secondary N) is 1. The second-order valence-corrected chi connectivity index (χ2v) is 6.55. The lowest BCUT2D eigenvalue weighted by Gasteiger charge is -2.22.